The molecule has 0 saturated heterocycles. The Bertz CT molecular complexity index is 504. The smallest absolute Gasteiger partial charge is 0.258 e. The van der Waals surface area contributed by atoms with E-state index in [1.807, 2.05) is 12.2 Å². The van der Waals surface area contributed by atoms with E-state index in [4.69, 9.17) is 0 Å². The maximum Gasteiger partial charge on any atom is 0.258 e. The monoisotopic (exact) mass is 199 g/mol. The van der Waals surface area contributed by atoms with Crippen molar-refractivity contribution in [2.45, 2.75) is 12.8 Å². The highest BCUT2D eigenvalue weighted by molar-refractivity contribution is 6.19. The summed E-state index contributed by atoms with van der Waals surface area (Å²) >= 11 is 0. The molecule has 0 bridgehead atoms. The molecule has 0 aromatic heterocycles. The van der Waals surface area contributed by atoms with E-state index in [1.54, 1.807) is 6.08 Å². The topological polar surface area (TPSA) is 46.2 Å². The second-order valence-corrected chi connectivity index (χ2v) is 3.76. The molecule has 15 heavy (non-hydrogen) atoms. The van der Waals surface area contributed by atoms with Crippen molar-refractivity contribution in [3.63, 3.8) is 0 Å². The Kier molecular flexibility index (Phi) is 1.57. The van der Waals surface area contributed by atoms with Gasteiger partial charge in [0.25, 0.3) is 11.8 Å². The van der Waals surface area contributed by atoms with Crippen molar-refractivity contribution in [2.24, 2.45) is 0 Å². The van der Waals surface area contributed by atoms with Crippen LogP contribution in [0.1, 0.15) is 12.8 Å². The molecule has 0 saturated carbocycles. The molecule has 1 aliphatic heterocycles. The first-order valence-corrected chi connectivity index (χ1v) is 4.94. The number of carbonyl (C=O) groups is 2. The first-order valence-electron chi connectivity index (χ1n) is 4.94. The molecule has 2 aliphatic carbocycles. The van der Waals surface area contributed by atoms with Crippen molar-refractivity contribution in [1.29, 1.82) is 0 Å². The van der Waals surface area contributed by atoms with E-state index in [-0.39, 0.29) is 11.8 Å². The Morgan fingerprint density at radius 1 is 1.13 bits per heavy atom. The van der Waals surface area contributed by atoms with Gasteiger partial charge in [-0.1, -0.05) is 24.3 Å². The Morgan fingerprint density at radius 3 is 2.87 bits per heavy atom. The minimum Gasteiger partial charge on any atom is -0.288 e. The van der Waals surface area contributed by atoms with Crippen molar-refractivity contribution in [3.05, 3.63) is 46.6 Å². The molecule has 3 heteroatoms. The quantitative estimate of drug-likeness (QED) is 0.595. The van der Waals surface area contributed by atoms with Gasteiger partial charge in [0.15, 0.2) is 0 Å². The number of amides is 2. The SMILES string of the molecule is O=C1NC(=O)C2=C3C(=CCC=C13)CC=C2. The van der Waals surface area contributed by atoms with E-state index in [9.17, 15) is 9.59 Å². The number of imide groups is 1. The average Bonchev–Trinajstić information content (AvgIpc) is 2.25. The third kappa shape index (κ3) is 1.06. The Morgan fingerprint density at radius 2 is 2.00 bits per heavy atom. The third-order valence-electron chi connectivity index (χ3n) is 2.88. The van der Waals surface area contributed by atoms with E-state index >= 15 is 0 Å². The van der Waals surface area contributed by atoms with Gasteiger partial charge in [-0.25, -0.2) is 0 Å². The number of allylic oxidation sites excluding steroid dienone is 4. The van der Waals surface area contributed by atoms with Gasteiger partial charge in [-0.05, 0) is 18.4 Å². The van der Waals surface area contributed by atoms with Gasteiger partial charge in [0.1, 0.15) is 0 Å². The number of rotatable bonds is 0. The van der Waals surface area contributed by atoms with Crippen LogP contribution in [0.5, 0.6) is 0 Å². The van der Waals surface area contributed by atoms with Crippen molar-refractivity contribution in [3.8, 4) is 0 Å². The summed E-state index contributed by atoms with van der Waals surface area (Å²) in [5, 5.41) is 2.35. The van der Waals surface area contributed by atoms with Crippen molar-refractivity contribution in [1.82, 2.24) is 5.32 Å². The van der Waals surface area contributed by atoms with Crippen LogP contribution in [0.25, 0.3) is 0 Å². The molecule has 1 heterocycles. The van der Waals surface area contributed by atoms with Gasteiger partial charge in [-0.2, -0.15) is 0 Å². The summed E-state index contributed by atoms with van der Waals surface area (Å²) < 4.78 is 0. The lowest BCUT2D eigenvalue weighted by atomic mass is 9.81. The van der Waals surface area contributed by atoms with Crippen molar-refractivity contribution in [2.75, 3.05) is 0 Å². The summed E-state index contributed by atoms with van der Waals surface area (Å²) in [6.45, 7) is 0. The Balaban J connectivity index is 2.29. The van der Waals surface area contributed by atoms with Crippen LogP contribution in [0.2, 0.25) is 0 Å². The fourth-order valence-corrected chi connectivity index (χ4v) is 2.22. The van der Waals surface area contributed by atoms with Crippen LogP contribution in [0.3, 0.4) is 0 Å². The molecule has 0 radical (unpaired) electrons. The summed E-state index contributed by atoms with van der Waals surface area (Å²) in [6, 6.07) is 0. The lowest BCUT2D eigenvalue weighted by Crippen LogP contribution is -2.39. The Labute approximate surface area is 86.9 Å². The van der Waals surface area contributed by atoms with Gasteiger partial charge in [0, 0.05) is 16.7 Å². The predicted molar refractivity (Wildman–Crippen MR) is 54.7 cm³/mol. The third-order valence-corrected chi connectivity index (χ3v) is 2.88. The molecular formula is C12H9NO2. The van der Waals surface area contributed by atoms with E-state index in [2.05, 4.69) is 11.4 Å². The average molecular weight is 199 g/mol. The molecule has 0 aromatic rings. The number of nitrogens with one attached hydrogen (secondary N) is 1. The molecule has 0 atom stereocenters. The zero-order valence-corrected chi connectivity index (χ0v) is 8.04. The summed E-state index contributed by atoms with van der Waals surface area (Å²) in [7, 11) is 0. The summed E-state index contributed by atoms with van der Waals surface area (Å²) in [5.74, 6) is -0.546. The molecular weight excluding hydrogens is 190 g/mol. The second kappa shape index (κ2) is 2.79. The highest BCUT2D eigenvalue weighted by Crippen LogP contribution is 2.36. The molecule has 3 aliphatic rings. The molecule has 0 unspecified atom stereocenters. The maximum absolute atomic E-state index is 11.6. The summed E-state index contributed by atoms with van der Waals surface area (Å²) in [6.07, 6.45) is 9.30. The van der Waals surface area contributed by atoms with Crippen LogP contribution in [-0.2, 0) is 9.59 Å². The van der Waals surface area contributed by atoms with Crippen LogP contribution in [0.15, 0.2) is 46.6 Å². The lowest BCUT2D eigenvalue weighted by Gasteiger charge is -2.27. The predicted octanol–water partition coefficient (Wildman–Crippen LogP) is 1.16. The van der Waals surface area contributed by atoms with Gasteiger partial charge in [0.2, 0.25) is 0 Å². The number of hydrogen-bond donors (Lipinski definition) is 1. The molecule has 0 fully saturated rings. The fourth-order valence-electron chi connectivity index (χ4n) is 2.22. The minimum absolute atomic E-state index is 0.264. The van der Waals surface area contributed by atoms with Gasteiger partial charge >= 0.3 is 0 Å². The highest BCUT2D eigenvalue weighted by Gasteiger charge is 2.32. The number of hydrogen-bond acceptors (Lipinski definition) is 2. The maximum atomic E-state index is 11.6. The molecule has 1 N–H and O–H groups in total. The van der Waals surface area contributed by atoms with Gasteiger partial charge in [0.05, 0.1) is 0 Å². The molecule has 2 amide bonds. The zero-order chi connectivity index (χ0) is 10.4. The van der Waals surface area contributed by atoms with Gasteiger partial charge < -0.3 is 0 Å². The molecule has 3 nitrogen and oxygen atoms in total. The molecule has 0 spiro atoms. The first kappa shape index (κ1) is 8.41. The van der Waals surface area contributed by atoms with Gasteiger partial charge in [-0.3, -0.25) is 14.9 Å². The van der Waals surface area contributed by atoms with Crippen LogP contribution in [-0.4, -0.2) is 11.8 Å². The van der Waals surface area contributed by atoms with Crippen molar-refractivity contribution < 1.29 is 9.59 Å². The Hall–Kier alpha value is -1.90. The largest absolute Gasteiger partial charge is 0.288 e. The standard InChI is InChI=1S/C12H9NO2/c14-11-8-5-1-3-7-4-2-6-9(10(7)8)12(15)13-11/h1,4-6H,2-3H2,(H,13,14,15). The van der Waals surface area contributed by atoms with E-state index in [0.717, 1.165) is 24.0 Å². The van der Waals surface area contributed by atoms with Crippen LogP contribution >= 0.6 is 0 Å². The first-order chi connectivity index (χ1) is 7.27. The second-order valence-electron chi connectivity index (χ2n) is 3.76. The van der Waals surface area contributed by atoms with E-state index in [0.29, 0.717) is 11.1 Å². The summed E-state index contributed by atoms with van der Waals surface area (Å²) in [4.78, 5) is 23.2. The highest BCUT2D eigenvalue weighted by atomic mass is 16.2. The minimum atomic E-state index is -0.282. The zero-order valence-electron chi connectivity index (χ0n) is 8.04. The van der Waals surface area contributed by atoms with Gasteiger partial charge in [-0.15, -0.1) is 0 Å². The fraction of sp³-hybridized carbons (Fsp3) is 0.167. The summed E-state index contributed by atoms with van der Waals surface area (Å²) in [5.41, 5.74) is 3.23. The van der Waals surface area contributed by atoms with Crippen molar-refractivity contribution >= 4 is 11.8 Å². The lowest BCUT2D eigenvalue weighted by molar-refractivity contribution is -0.126. The van der Waals surface area contributed by atoms with Crippen LogP contribution in [0, 0.1) is 0 Å². The van der Waals surface area contributed by atoms with Crippen LogP contribution in [0.4, 0.5) is 0 Å². The number of carbonyl (C=O) groups excluding carboxylic acids is 2. The normalized spacial score (nSPS) is 23.2. The van der Waals surface area contributed by atoms with E-state index in [1.165, 1.54) is 0 Å². The molecule has 3 rings (SSSR count). The molecule has 74 valence electrons. The van der Waals surface area contributed by atoms with Crippen LogP contribution < -0.4 is 5.32 Å². The molecule has 0 aromatic carbocycles. The van der Waals surface area contributed by atoms with E-state index < -0.39 is 0 Å².